The molecular formula is C25H22ClN3O4S. The summed E-state index contributed by atoms with van der Waals surface area (Å²) in [6, 6.07) is 20.5. The lowest BCUT2D eigenvalue weighted by Crippen LogP contribution is -2.15. The number of nitrogens with zero attached hydrogens (tertiary/aromatic N) is 2. The first-order valence-electron chi connectivity index (χ1n) is 10.5. The highest BCUT2D eigenvalue weighted by Crippen LogP contribution is 2.29. The highest BCUT2D eigenvalue weighted by atomic mass is 35.5. The molecule has 4 rings (SSSR count). The van der Waals surface area contributed by atoms with Crippen LogP contribution in [0.3, 0.4) is 0 Å². The van der Waals surface area contributed by atoms with E-state index in [-0.39, 0.29) is 28.5 Å². The third-order valence-corrected chi connectivity index (χ3v) is 7.24. The summed E-state index contributed by atoms with van der Waals surface area (Å²) in [5.74, 6) is -0.737. The number of nitrogens with one attached hydrogen (secondary N) is 1. The van der Waals surface area contributed by atoms with Crippen LogP contribution in [0.4, 0.5) is 5.69 Å². The van der Waals surface area contributed by atoms with Crippen LogP contribution < -0.4 is 5.32 Å². The van der Waals surface area contributed by atoms with Crippen LogP contribution >= 0.6 is 11.6 Å². The third-order valence-electron chi connectivity index (χ3n) is 5.26. The Morgan fingerprint density at radius 2 is 1.76 bits per heavy atom. The summed E-state index contributed by atoms with van der Waals surface area (Å²) in [7, 11) is -3.49. The first-order valence-corrected chi connectivity index (χ1v) is 12.6. The van der Waals surface area contributed by atoms with Crippen LogP contribution in [0.1, 0.15) is 12.5 Å². The van der Waals surface area contributed by atoms with E-state index in [0.29, 0.717) is 16.3 Å². The minimum atomic E-state index is -3.49. The monoisotopic (exact) mass is 495 g/mol. The average Bonchev–Trinajstić information content (AvgIpc) is 3.25. The van der Waals surface area contributed by atoms with Crippen molar-refractivity contribution in [1.29, 1.82) is 0 Å². The Hall–Kier alpha value is -3.62. The van der Waals surface area contributed by atoms with E-state index in [4.69, 9.17) is 11.6 Å². The molecule has 0 saturated carbocycles. The van der Waals surface area contributed by atoms with Crippen molar-refractivity contribution in [2.45, 2.75) is 18.2 Å². The van der Waals surface area contributed by atoms with Gasteiger partial charge in [0.1, 0.15) is 5.75 Å². The number of para-hydroxylation sites is 1. The van der Waals surface area contributed by atoms with Gasteiger partial charge in [0, 0.05) is 22.3 Å². The van der Waals surface area contributed by atoms with Crippen LogP contribution in [0, 0.1) is 0 Å². The van der Waals surface area contributed by atoms with Gasteiger partial charge in [0.15, 0.2) is 9.84 Å². The number of aromatic hydroxyl groups is 1. The molecule has 4 aromatic rings. The first-order chi connectivity index (χ1) is 16.3. The van der Waals surface area contributed by atoms with E-state index in [1.54, 1.807) is 23.0 Å². The molecule has 174 valence electrons. The first kappa shape index (κ1) is 23.5. The predicted octanol–water partition coefficient (Wildman–Crippen LogP) is 4.87. The van der Waals surface area contributed by atoms with E-state index in [2.05, 4.69) is 10.4 Å². The highest BCUT2D eigenvalue weighted by Gasteiger charge is 2.18. The van der Waals surface area contributed by atoms with E-state index in [9.17, 15) is 18.3 Å². The zero-order valence-corrected chi connectivity index (χ0v) is 19.8. The summed E-state index contributed by atoms with van der Waals surface area (Å²) >= 11 is 6.03. The Balaban J connectivity index is 1.66. The number of amides is 1. The largest absolute Gasteiger partial charge is 0.506 e. The van der Waals surface area contributed by atoms with Crippen LogP contribution in [-0.4, -0.2) is 35.0 Å². The smallest absolute Gasteiger partial charge is 0.229 e. The second-order valence-corrected chi connectivity index (χ2v) is 10.3. The molecule has 9 heteroatoms. The molecule has 0 fully saturated rings. The van der Waals surface area contributed by atoms with Gasteiger partial charge in [-0.05, 0) is 42.5 Å². The third kappa shape index (κ3) is 5.13. The molecule has 0 atom stereocenters. The van der Waals surface area contributed by atoms with E-state index >= 15 is 0 Å². The van der Waals surface area contributed by atoms with Gasteiger partial charge in [0.2, 0.25) is 5.91 Å². The number of hydrogen-bond acceptors (Lipinski definition) is 5. The topological polar surface area (TPSA) is 101 Å². The molecular weight excluding hydrogens is 474 g/mol. The SMILES string of the molecule is CCS(=O)(=O)c1ccc(O)c(NC(=O)Cc2cn(-c3ccccc3)nc2-c2ccc(Cl)cc2)c1. The Morgan fingerprint density at radius 1 is 1.06 bits per heavy atom. The number of hydrogen-bond donors (Lipinski definition) is 2. The van der Waals surface area contributed by atoms with Gasteiger partial charge in [-0.25, -0.2) is 13.1 Å². The average molecular weight is 496 g/mol. The quantitative estimate of drug-likeness (QED) is 0.356. The maximum atomic E-state index is 12.9. The molecule has 1 amide bonds. The normalized spacial score (nSPS) is 11.4. The second-order valence-electron chi connectivity index (χ2n) is 7.60. The maximum absolute atomic E-state index is 12.9. The molecule has 0 unspecified atom stereocenters. The van der Waals surface area contributed by atoms with Crippen LogP contribution in [0.5, 0.6) is 5.75 Å². The lowest BCUT2D eigenvalue weighted by Gasteiger charge is -2.10. The van der Waals surface area contributed by atoms with Crippen molar-refractivity contribution >= 4 is 33.0 Å². The zero-order chi connectivity index (χ0) is 24.3. The number of benzene rings is 3. The second kappa shape index (κ2) is 9.70. The molecule has 0 aliphatic carbocycles. The Morgan fingerprint density at radius 3 is 2.44 bits per heavy atom. The minimum absolute atomic E-state index is 0.0295. The molecule has 1 heterocycles. The molecule has 0 saturated heterocycles. The molecule has 0 bridgehead atoms. The number of aromatic nitrogens is 2. The molecule has 0 aliphatic heterocycles. The van der Waals surface area contributed by atoms with Gasteiger partial charge in [-0.15, -0.1) is 0 Å². The zero-order valence-electron chi connectivity index (χ0n) is 18.3. The van der Waals surface area contributed by atoms with E-state index in [0.717, 1.165) is 11.3 Å². The molecule has 0 aliphatic rings. The van der Waals surface area contributed by atoms with Crippen LogP contribution in [0.15, 0.2) is 83.9 Å². The standard InChI is InChI=1S/C25H22ClN3O4S/c1-2-34(32,33)21-12-13-23(30)22(15-21)27-24(31)14-18-16-29(20-6-4-3-5-7-20)28-25(18)17-8-10-19(26)11-9-17/h3-13,15-16,30H,2,14H2,1H3,(H,27,31). The van der Waals surface area contributed by atoms with E-state index < -0.39 is 15.7 Å². The number of sulfone groups is 1. The van der Waals surface area contributed by atoms with Crippen molar-refractivity contribution in [3.05, 3.63) is 89.6 Å². The molecule has 34 heavy (non-hydrogen) atoms. The molecule has 0 spiro atoms. The van der Waals surface area contributed by atoms with Gasteiger partial charge in [-0.3, -0.25) is 4.79 Å². The van der Waals surface area contributed by atoms with E-state index in [1.807, 2.05) is 42.5 Å². The fourth-order valence-electron chi connectivity index (χ4n) is 3.45. The summed E-state index contributed by atoms with van der Waals surface area (Å²) in [4.78, 5) is 12.9. The molecule has 7 nitrogen and oxygen atoms in total. The van der Waals surface area contributed by atoms with Crippen LogP contribution in [-0.2, 0) is 21.1 Å². The summed E-state index contributed by atoms with van der Waals surface area (Å²) in [5.41, 5.74) is 2.92. The van der Waals surface area contributed by atoms with Gasteiger partial charge in [-0.2, -0.15) is 5.10 Å². The van der Waals surface area contributed by atoms with Crippen molar-refractivity contribution in [3.8, 4) is 22.7 Å². The Bertz CT molecular complexity index is 1430. The number of rotatable bonds is 7. The molecule has 2 N–H and O–H groups in total. The number of carbonyl (C=O) groups is 1. The number of carbonyl (C=O) groups excluding carboxylic acids is 1. The van der Waals surface area contributed by atoms with Crippen LogP contribution in [0.25, 0.3) is 16.9 Å². The number of anilines is 1. The van der Waals surface area contributed by atoms with Gasteiger partial charge >= 0.3 is 0 Å². The van der Waals surface area contributed by atoms with Crippen LogP contribution in [0.2, 0.25) is 5.02 Å². The van der Waals surface area contributed by atoms with Crippen molar-refractivity contribution in [2.75, 3.05) is 11.1 Å². The lowest BCUT2D eigenvalue weighted by molar-refractivity contribution is -0.115. The number of halogens is 1. The Kier molecular flexibility index (Phi) is 6.72. The molecule has 1 aromatic heterocycles. The summed E-state index contributed by atoms with van der Waals surface area (Å²) in [6.45, 7) is 1.53. The summed E-state index contributed by atoms with van der Waals surface area (Å²) in [6.07, 6.45) is 1.73. The van der Waals surface area contributed by atoms with Gasteiger partial charge in [0.25, 0.3) is 0 Å². The summed E-state index contributed by atoms with van der Waals surface area (Å²) < 4.78 is 26.1. The number of phenols is 1. The van der Waals surface area contributed by atoms with Gasteiger partial charge in [-0.1, -0.05) is 48.9 Å². The van der Waals surface area contributed by atoms with Gasteiger partial charge < -0.3 is 10.4 Å². The number of phenolic OH excluding ortho intramolecular Hbond substituents is 1. The van der Waals surface area contributed by atoms with Crippen molar-refractivity contribution < 1.29 is 18.3 Å². The van der Waals surface area contributed by atoms with Crippen molar-refractivity contribution in [3.63, 3.8) is 0 Å². The molecule has 3 aromatic carbocycles. The Labute approximate surface area is 202 Å². The minimum Gasteiger partial charge on any atom is -0.506 e. The summed E-state index contributed by atoms with van der Waals surface area (Å²) in [5, 5.41) is 18.0. The van der Waals surface area contributed by atoms with E-state index in [1.165, 1.54) is 25.1 Å². The van der Waals surface area contributed by atoms with Crippen molar-refractivity contribution in [1.82, 2.24) is 9.78 Å². The predicted molar refractivity (Wildman–Crippen MR) is 132 cm³/mol. The lowest BCUT2D eigenvalue weighted by atomic mass is 10.1. The maximum Gasteiger partial charge on any atom is 0.229 e. The highest BCUT2D eigenvalue weighted by molar-refractivity contribution is 7.91. The fourth-order valence-corrected chi connectivity index (χ4v) is 4.48. The van der Waals surface area contributed by atoms with Crippen molar-refractivity contribution in [2.24, 2.45) is 0 Å². The van der Waals surface area contributed by atoms with Gasteiger partial charge in [0.05, 0.1) is 34.1 Å². The fraction of sp³-hybridized carbons (Fsp3) is 0.120. The molecule has 0 radical (unpaired) electrons.